The second-order valence-corrected chi connectivity index (χ2v) is 15.5. The van der Waals surface area contributed by atoms with E-state index in [9.17, 15) is 14.4 Å². The Morgan fingerprint density at radius 3 is 2.44 bits per heavy atom. The molecule has 1 aromatic heterocycles. The summed E-state index contributed by atoms with van der Waals surface area (Å²) in [7, 11) is 0. The Labute approximate surface area is 269 Å². The van der Waals surface area contributed by atoms with Gasteiger partial charge < -0.3 is 9.72 Å². The van der Waals surface area contributed by atoms with Crippen molar-refractivity contribution in [3.8, 4) is 5.75 Å². The first kappa shape index (κ1) is 27.7. The van der Waals surface area contributed by atoms with Crippen LogP contribution >= 0.6 is 50.6 Å². The van der Waals surface area contributed by atoms with Crippen LogP contribution in [0.15, 0.2) is 81.0 Å². The standard InChI is InChI=1S/C33H26BrClN2O4S2/c1-15-2-4-16(5-3-15)14-41-23-11-6-17(34)12-20(23)24-25-21-13-22(28(25)42-30-29(24)43-33(40)36-30)27-26(21)31(38)37(32(27)39)19-9-7-18(35)8-10-19/h2-12,21-22,24-28H,13-14H2,1H3,(H,36,40)/t21-,22-,24?,25?,26?,27?,28?/m1/s1. The van der Waals surface area contributed by atoms with Crippen LogP contribution in [-0.2, 0) is 16.2 Å². The van der Waals surface area contributed by atoms with Crippen LogP contribution in [0, 0.1) is 36.5 Å². The molecule has 4 aromatic rings. The minimum Gasteiger partial charge on any atom is -0.489 e. The van der Waals surface area contributed by atoms with Gasteiger partial charge in [-0.05, 0) is 79.1 Å². The number of anilines is 1. The summed E-state index contributed by atoms with van der Waals surface area (Å²) in [5.41, 5.74) is 3.84. The average molecular weight is 694 g/mol. The first-order chi connectivity index (χ1) is 20.8. The number of aryl methyl sites for hydroxylation is 1. The number of fused-ring (bicyclic) bond motifs is 9. The molecule has 2 aliphatic carbocycles. The molecule has 3 fully saturated rings. The molecule has 2 bridgehead atoms. The number of nitrogens with zero attached hydrogens (tertiary/aromatic N) is 1. The van der Waals surface area contributed by atoms with Crippen molar-refractivity contribution in [1.29, 1.82) is 0 Å². The Hall–Kier alpha value is -2.85. The number of hydrogen-bond donors (Lipinski definition) is 1. The van der Waals surface area contributed by atoms with Crippen molar-refractivity contribution in [1.82, 2.24) is 4.98 Å². The summed E-state index contributed by atoms with van der Waals surface area (Å²) < 4.78 is 7.40. The van der Waals surface area contributed by atoms with E-state index < -0.39 is 0 Å². The first-order valence-electron chi connectivity index (χ1n) is 14.3. The van der Waals surface area contributed by atoms with Crippen LogP contribution in [0.4, 0.5) is 5.69 Å². The van der Waals surface area contributed by atoms with Crippen molar-refractivity contribution in [3.63, 3.8) is 0 Å². The predicted octanol–water partition coefficient (Wildman–Crippen LogP) is 7.42. The number of hydrogen-bond acceptors (Lipinski definition) is 6. The van der Waals surface area contributed by atoms with Gasteiger partial charge in [-0.3, -0.25) is 19.3 Å². The molecule has 7 atom stereocenters. The number of aromatic nitrogens is 1. The van der Waals surface area contributed by atoms with Gasteiger partial charge in [0.15, 0.2) is 0 Å². The molecule has 4 aliphatic rings. The van der Waals surface area contributed by atoms with Crippen LogP contribution < -0.4 is 14.5 Å². The van der Waals surface area contributed by atoms with E-state index in [0.29, 0.717) is 17.3 Å². The lowest BCUT2D eigenvalue weighted by Crippen LogP contribution is -2.42. The highest BCUT2D eigenvalue weighted by atomic mass is 79.9. The van der Waals surface area contributed by atoms with Crippen molar-refractivity contribution in [2.24, 2.45) is 29.6 Å². The molecule has 2 amide bonds. The molecular weight excluding hydrogens is 668 g/mol. The number of H-pyrrole nitrogens is 1. The zero-order valence-corrected chi connectivity index (χ0v) is 26.9. The Bertz CT molecular complexity index is 1840. The van der Waals surface area contributed by atoms with Crippen molar-refractivity contribution < 1.29 is 14.3 Å². The Balaban J connectivity index is 1.20. The third-order valence-electron chi connectivity index (χ3n) is 9.63. The molecule has 0 spiro atoms. The molecular formula is C33H26BrClN2O4S2. The van der Waals surface area contributed by atoms with E-state index in [1.807, 2.05) is 12.1 Å². The smallest absolute Gasteiger partial charge is 0.305 e. The van der Waals surface area contributed by atoms with E-state index in [4.69, 9.17) is 16.3 Å². The van der Waals surface area contributed by atoms with Crippen LogP contribution in [0.1, 0.15) is 33.9 Å². The average Bonchev–Trinajstić information content (AvgIpc) is 3.73. The number of imide groups is 1. The number of amides is 2. The zero-order chi connectivity index (χ0) is 29.6. The number of carbonyl (C=O) groups excluding carboxylic acids is 2. The molecule has 6 nitrogen and oxygen atoms in total. The molecule has 8 rings (SSSR count). The molecule has 1 N–H and O–H groups in total. The molecule has 3 aromatic carbocycles. The number of nitrogens with one attached hydrogen (secondary N) is 1. The Morgan fingerprint density at radius 2 is 1.70 bits per heavy atom. The molecule has 3 heterocycles. The largest absolute Gasteiger partial charge is 0.489 e. The van der Waals surface area contributed by atoms with E-state index in [1.165, 1.54) is 21.8 Å². The third-order valence-corrected chi connectivity index (χ3v) is 13.0. The minimum absolute atomic E-state index is 0.0144. The second kappa shape index (κ2) is 10.4. The number of thiazole rings is 1. The minimum atomic E-state index is -0.376. The summed E-state index contributed by atoms with van der Waals surface area (Å²) in [6.07, 6.45) is 0.826. The Morgan fingerprint density at radius 1 is 0.977 bits per heavy atom. The molecule has 10 heteroatoms. The lowest BCUT2D eigenvalue weighted by Gasteiger charge is -2.43. The number of benzene rings is 3. The van der Waals surface area contributed by atoms with Crippen molar-refractivity contribution in [2.75, 3.05) is 4.90 Å². The van der Waals surface area contributed by atoms with Gasteiger partial charge in [-0.1, -0.05) is 68.7 Å². The van der Waals surface area contributed by atoms with E-state index in [1.54, 1.807) is 36.0 Å². The third kappa shape index (κ3) is 4.37. The van der Waals surface area contributed by atoms with Gasteiger partial charge in [-0.25, -0.2) is 0 Å². The number of ether oxygens (including phenoxy) is 1. The van der Waals surface area contributed by atoms with Gasteiger partial charge in [0.25, 0.3) is 0 Å². The number of halogens is 2. The predicted molar refractivity (Wildman–Crippen MR) is 172 cm³/mol. The maximum absolute atomic E-state index is 14.0. The van der Waals surface area contributed by atoms with Gasteiger partial charge in [-0.2, -0.15) is 0 Å². The number of thioether (sulfide) groups is 1. The lowest BCUT2D eigenvalue weighted by atomic mass is 9.68. The van der Waals surface area contributed by atoms with E-state index in [-0.39, 0.29) is 57.4 Å². The molecule has 218 valence electrons. The van der Waals surface area contributed by atoms with Crippen LogP contribution in [0.5, 0.6) is 5.75 Å². The normalized spacial score (nSPS) is 28.6. The summed E-state index contributed by atoms with van der Waals surface area (Å²) in [6.45, 7) is 2.48. The maximum atomic E-state index is 14.0. The van der Waals surface area contributed by atoms with Gasteiger partial charge in [0, 0.05) is 31.1 Å². The van der Waals surface area contributed by atoms with Gasteiger partial charge in [0.1, 0.15) is 12.4 Å². The van der Waals surface area contributed by atoms with Gasteiger partial charge >= 0.3 is 4.87 Å². The molecule has 2 aliphatic heterocycles. The monoisotopic (exact) mass is 692 g/mol. The fraction of sp³-hybridized carbons (Fsp3) is 0.303. The summed E-state index contributed by atoms with van der Waals surface area (Å²) in [6, 6.07) is 21.3. The zero-order valence-electron chi connectivity index (χ0n) is 23.0. The van der Waals surface area contributed by atoms with E-state index in [2.05, 4.69) is 58.2 Å². The van der Waals surface area contributed by atoms with Gasteiger partial charge in [0.2, 0.25) is 11.8 Å². The lowest BCUT2D eigenvalue weighted by molar-refractivity contribution is -0.123. The molecule has 5 unspecified atom stereocenters. The van der Waals surface area contributed by atoms with Crippen LogP contribution in [0.3, 0.4) is 0 Å². The summed E-state index contributed by atoms with van der Waals surface area (Å²) in [5, 5.41) is 1.53. The van der Waals surface area contributed by atoms with Crippen LogP contribution in [0.25, 0.3) is 0 Å². The van der Waals surface area contributed by atoms with Crippen molar-refractivity contribution in [2.45, 2.75) is 36.1 Å². The highest BCUT2D eigenvalue weighted by Gasteiger charge is 2.69. The number of aromatic amines is 1. The van der Waals surface area contributed by atoms with Crippen LogP contribution in [0.2, 0.25) is 5.02 Å². The number of carbonyl (C=O) groups is 2. The number of rotatable bonds is 5. The Kier molecular flexibility index (Phi) is 6.67. The fourth-order valence-corrected chi connectivity index (χ4v) is 11.3. The van der Waals surface area contributed by atoms with Gasteiger partial charge in [-0.15, -0.1) is 11.8 Å². The maximum Gasteiger partial charge on any atom is 0.305 e. The van der Waals surface area contributed by atoms with Crippen molar-refractivity contribution >= 4 is 68.1 Å². The highest BCUT2D eigenvalue weighted by molar-refractivity contribution is 9.10. The molecule has 1 saturated heterocycles. The van der Waals surface area contributed by atoms with Gasteiger partial charge in [0.05, 0.1) is 22.5 Å². The summed E-state index contributed by atoms with van der Waals surface area (Å²) >= 11 is 12.7. The van der Waals surface area contributed by atoms with Crippen LogP contribution in [-0.4, -0.2) is 22.0 Å². The summed E-state index contributed by atoms with van der Waals surface area (Å²) in [4.78, 5) is 46.0. The van der Waals surface area contributed by atoms with E-state index >= 15 is 0 Å². The SMILES string of the molecule is Cc1ccc(COc2ccc(Br)cc2C2c3sc(=O)[nH]c3SC3C2[C@H]2C[C@@H]3C3C(=O)N(c4ccc(Cl)cc4)C(=O)C32)cc1. The topological polar surface area (TPSA) is 79.5 Å². The molecule has 0 radical (unpaired) electrons. The first-order valence-corrected chi connectivity index (χ1v) is 17.2. The molecule has 2 saturated carbocycles. The highest BCUT2D eigenvalue weighted by Crippen LogP contribution is 2.69. The fourth-order valence-electron chi connectivity index (χ4n) is 7.95. The summed E-state index contributed by atoms with van der Waals surface area (Å²) in [5.74, 6) is -0.204. The molecule has 43 heavy (non-hydrogen) atoms. The van der Waals surface area contributed by atoms with Crippen molar-refractivity contribution in [3.05, 3.63) is 107 Å². The van der Waals surface area contributed by atoms with E-state index in [0.717, 1.165) is 37.7 Å². The quantitative estimate of drug-likeness (QED) is 0.220. The second-order valence-electron chi connectivity index (χ2n) is 11.9.